The molecule has 1 fully saturated rings. The third-order valence-electron chi connectivity index (χ3n) is 6.07. The lowest BCUT2D eigenvalue weighted by atomic mass is 9.98. The Morgan fingerprint density at radius 2 is 2.06 bits per heavy atom. The number of hydrogen-bond acceptors (Lipinski definition) is 8. The van der Waals surface area contributed by atoms with E-state index in [2.05, 4.69) is 51.3 Å². The van der Waals surface area contributed by atoms with E-state index in [9.17, 15) is 4.79 Å². The molecular weight excluding hydrogens is 430 g/mol. The number of nitrogens with one attached hydrogen (secondary N) is 2. The van der Waals surface area contributed by atoms with Gasteiger partial charge in [-0.1, -0.05) is 20.8 Å². The fraction of sp³-hybridized carbons (Fsp3) is 0.480. The summed E-state index contributed by atoms with van der Waals surface area (Å²) in [5.74, 6) is 2.72. The van der Waals surface area contributed by atoms with E-state index in [-0.39, 0.29) is 11.8 Å². The van der Waals surface area contributed by atoms with Crippen molar-refractivity contribution in [2.45, 2.75) is 39.5 Å². The standard InChI is InChI=1S/C25H33N7O2/c1-16(2)19-13-29-23(24(33)26-9-11-34-4)20-14-28-22(12-18(19)20)30-21-7-8-27-25(31-21)32-10-5-6-17(3)15-32/h7-8,12-14,16-17H,5-6,9-11,15H2,1-4H3,(H,26,33)(H,27,28,30,31). The highest BCUT2D eigenvalue weighted by Gasteiger charge is 2.19. The van der Waals surface area contributed by atoms with Crippen molar-refractivity contribution in [2.75, 3.05) is 43.6 Å². The monoisotopic (exact) mass is 463 g/mol. The summed E-state index contributed by atoms with van der Waals surface area (Å²) < 4.78 is 5.02. The molecule has 1 amide bonds. The van der Waals surface area contributed by atoms with Crippen LogP contribution in [0.15, 0.2) is 30.7 Å². The molecule has 1 aliphatic rings. The van der Waals surface area contributed by atoms with Crippen molar-refractivity contribution in [3.63, 3.8) is 0 Å². The molecule has 3 aromatic heterocycles. The Bertz CT molecular complexity index is 1150. The zero-order chi connectivity index (χ0) is 24.1. The van der Waals surface area contributed by atoms with Gasteiger partial charge in [0.05, 0.1) is 6.61 Å². The van der Waals surface area contributed by atoms with Crippen LogP contribution in [0.3, 0.4) is 0 Å². The van der Waals surface area contributed by atoms with Crippen LogP contribution in [0.25, 0.3) is 10.8 Å². The highest BCUT2D eigenvalue weighted by molar-refractivity contribution is 6.06. The molecule has 9 heteroatoms. The molecule has 0 saturated carbocycles. The molecule has 3 aromatic rings. The summed E-state index contributed by atoms with van der Waals surface area (Å²) in [7, 11) is 1.60. The van der Waals surface area contributed by atoms with Gasteiger partial charge in [-0.25, -0.2) is 9.97 Å². The van der Waals surface area contributed by atoms with Gasteiger partial charge in [0.25, 0.3) is 5.91 Å². The summed E-state index contributed by atoms with van der Waals surface area (Å²) >= 11 is 0. The average molecular weight is 464 g/mol. The van der Waals surface area contributed by atoms with Crippen LogP contribution in [0, 0.1) is 5.92 Å². The lowest BCUT2D eigenvalue weighted by Crippen LogP contribution is -2.35. The number of piperidine rings is 1. The van der Waals surface area contributed by atoms with Gasteiger partial charge in [-0.3, -0.25) is 9.78 Å². The minimum absolute atomic E-state index is 0.239. The van der Waals surface area contributed by atoms with Gasteiger partial charge < -0.3 is 20.3 Å². The van der Waals surface area contributed by atoms with Crippen molar-refractivity contribution >= 4 is 34.3 Å². The maximum Gasteiger partial charge on any atom is 0.270 e. The van der Waals surface area contributed by atoms with Crippen molar-refractivity contribution in [3.05, 3.63) is 42.0 Å². The maximum atomic E-state index is 12.7. The first kappa shape index (κ1) is 23.8. The first-order chi connectivity index (χ1) is 16.5. The van der Waals surface area contributed by atoms with Crippen molar-refractivity contribution < 1.29 is 9.53 Å². The molecule has 2 N–H and O–H groups in total. The van der Waals surface area contributed by atoms with Crippen molar-refractivity contribution in [2.24, 2.45) is 5.92 Å². The number of ether oxygens (including phenoxy) is 1. The maximum absolute atomic E-state index is 12.7. The molecule has 9 nitrogen and oxygen atoms in total. The molecule has 0 aliphatic carbocycles. The number of methoxy groups -OCH3 is 1. The lowest BCUT2D eigenvalue weighted by Gasteiger charge is -2.30. The second kappa shape index (κ2) is 10.7. The minimum Gasteiger partial charge on any atom is -0.383 e. The molecule has 34 heavy (non-hydrogen) atoms. The number of fused-ring (bicyclic) bond motifs is 1. The van der Waals surface area contributed by atoms with E-state index in [1.54, 1.807) is 25.7 Å². The largest absolute Gasteiger partial charge is 0.383 e. The third-order valence-corrected chi connectivity index (χ3v) is 6.07. The number of amides is 1. The van der Waals surface area contributed by atoms with Crippen LogP contribution in [0.1, 0.15) is 55.6 Å². The van der Waals surface area contributed by atoms with Gasteiger partial charge in [-0.2, -0.15) is 4.98 Å². The normalized spacial score (nSPS) is 16.1. The highest BCUT2D eigenvalue weighted by Crippen LogP contribution is 2.29. The molecule has 0 aromatic carbocycles. The fourth-order valence-electron chi connectivity index (χ4n) is 4.29. The van der Waals surface area contributed by atoms with Gasteiger partial charge in [0.1, 0.15) is 17.3 Å². The molecule has 0 radical (unpaired) electrons. The molecule has 180 valence electrons. The Balaban J connectivity index is 1.62. The quantitative estimate of drug-likeness (QED) is 0.485. The van der Waals surface area contributed by atoms with Crippen molar-refractivity contribution in [1.29, 1.82) is 0 Å². The number of nitrogens with zero attached hydrogens (tertiary/aromatic N) is 5. The van der Waals surface area contributed by atoms with Crippen LogP contribution in [-0.2, 0) is 4.74 Å². The Morgan fingerprint density at radius 3 is 2.82 bits per heavy atom. The summed E-state index contributed by atoms with van der Waals surface area (Å²) in [6, 6.07) is 3.80. The molecular formula is C25H33N7O2. The fourth-order valence-corrected chi connectivity index (χ4v) is 4.29. The van der Waals surface area contributed by atoms with Crippen LogP contribution in [-0.4, -0.2) is 59.2 Å². The molecule has 1 saturated heterocycles. The van der Waals surface area contributed by atoms with Crippen LogP contribution in [0.5, 0.6) is 0 Å². The zero-order valence-corrected chi connectivity index (χ0v) is 20.3. The van der Waals surface area contributed by atoms with Crippen LogP contribution in [0.4, 0.5) is 17.6 Å². The van der Waals surface area contributed by atoms with Gasteiger partial charge in [0.15, 0.2) is 0 Å². The van der Waals surface area contributed by atoms with E-state index >= 15 is 0 Å². The number of carbonyl (C=O) groups is 1. The van der Waals surface area contributed by atoms with Gasteiger partial charge in [-0.15, -0.1) is 0 Å². The van der Waals surface area contributed by atoms with Crippen LogP contribution < -0.4 is 15.5 Å². The zero-order valence-electron chi connectivity index (χ0n) is 20.3. The number of anilines is 3. The van der Waals surface area contributed by atoms with E-state index in [1.165, 1.54) is 6.42 Å². The number of carbonyl (C=O) groups excluding carboxylic acids is 1. The van der Waals surface area contributed by atoms with Crippen LogP contribution in [0.2, 0.25) is 0 Å². The van der Waals surface area contributed by atoms with E-state index in [4.69, 9.17) is 9.72 Å². The van der Waals surface area contributed by atoms with E-state index in [0.717, 1.165) is 41.8 Å². The van der Waals surface area contributed by atoms with Crippen molar-refractivity contribution in [1.82, 2.24) is 25.3 Å². The number of pyridine rings is 2. The SMILES string of the molecule is COCCNC(=O)c1ncc(C(C)C)c2cc(Nc3ccnc(N4CCCC(C)C4)n3)ncc12. The molecule has 1 aliphatic heterocycles. The minimum atomic E-state index is -0.240. The predicted molar refractivity (Wildman–Crippen MR) is 134 cm³/mol. The summed E-state index contributed by atoms with van der Waals surface area (Å²) in [5.41, 5.74) is 1.41. The average Bonchev–Trinajstić information content (AvgIpc) is 2.83. The van der Waals surface area contributed by atoms with E-state index in [1.807, 2.05) is 12.1 Å². The second-order valence-corrected chi connectivity index (χ2v) is 9.14. The number of hydrogen-bond donors (Lipinski definition) is 2. The molecule has 0 bridgehead atoms. The predicted octanol–water partition coefficient (Wildman–Crippen LogP) is 3.90. The van der Waals surface area contributed by atoms with Gasteiger partial charge >= 0.3 is 0 Å². The topological polar surface area (TPSA) is 105 Å². The third kappa shape index (κ3) is 5.41. The number of aromatic nitrogens is 4. The van der Waals surface area contributed by atoms with E-state index < -0.39 is 0 Å². The molecule has 1 atom stereocenters. The van der Waals surface area contributed by atoms with Gasteiger partial charge in [0, 0.05) is 50.7 Å². The molecule has 1 unspecified atom stereocenters. The molecule has 0 spiro atoms. The lowest BCUT2D eigenvalue weighted by molar-refractivity contribution is 0.0934. The summed E-state index contributed by atoms with van der Waals surface area (Å²) in [4.78, 5) is 33.2. The molecule has 4 rings (SSSR count). The Morgan fingerprint density at radius 1 is 1.21 bits per heavy atom. The summed E-state index contributed by atoms with van der Waals surface area (Å²) in [5, 5.41) is 7.82. The summed E-state index contributed by atoms with van der Waals surface area (Å²) in [6.07, 6.45) is 7.66. The van der Waals surface area contributed by atoms with Crippen LogP contribution >= 0.6 is 0 Å². The van der Waals surface area contributed by atoms with Gasteiger partial charge in [-0.05, 0) is 47.8 Å². The Kier molecular flexibility index (Phi) is 7.52. The smallest absolute Gasteiger partial charge is 0.270 e. The summed E-state index contributed by atoms with van der Waals surface area (Å²) in [6.45, 7) is 9.29. The second-order valence-electron chi connectivity index (χ2n) is 9.14. The first-order valence-electron chi connectivity index (χ1n) is 11.9. The van der Waals surface area contributed by atoms with Gasteiger partial charge in [0.2, 0.25) is 5.95 Å². The molecule has 4 heterocycles. The van der Waals surface area contributed by atoms with E-state index in [0.29, 0.717) is 36.4 Å². The number of rotatable bonds is 8. The Hall–Kier alpha value is -3.33. The highest BCUT2D eigenvalue weighted by atomic mass is 16.5. The Labute approximate surface area is 200 Å². The first-order valence-corrected chi connectivity index (χ1v) is 11.9. The van der Waals surface area contributed by atoms with Crippen molar-refractivity contribution in [3.8, 4) is 0 Å².